The van der Waals surface area contributed by atoms with Crippen molar-refractivity contribution in [2.45, 2.75) is 6.92 Å². The van der Waals surface area contributed by atoms with Crippen LogP contribution in [-0.2, 0) is 0 Å². The van der Waals surface area contributed by atoms with Gasteiger partial charge in [0.15, 0.2) is 0 Å². The Bertz CT molecular complexity index is 571. The Kier molecular flexibility index (Phi) is 3.46. The second kappa shape index (κ2) is 4.85. The number of hydrogen-bond acceptors (Lipinski definition) is 4. The first kappa shape index (κ1) is 11.4. The number of aryl methyl sites for hydroxylation is 1. The van der Waals surface area contributed by atoms with Crippen LogP contribution < -0.4 is 0 Å². The summed E-state index contributed by atoms with van der Waals surface area (Å²) in [6.45, 7) is 1.97. The van der Waals surface area contributed by atoms with Gasteiger partial charge < -0.3 is 0 Å². The molecule has 1 aromatic carbocycles. The molecule has 0 fully saturated rings. The maximum atomic E-state index is 5.97. The molecule has 0 bridgehead atoms. The van der Waals surface area contributed by atoms with E-state index in [2.05, 4.69) is 27.4 Å². The SMILES string of the molecule is Cc1nc(-c2ccc(Cl)c(N=C=S)c2)cs1. The lowest BCUT2D eigenvalue weighted by Crippen LogP contribution is -1.78. The molecule has 0 atom stereocenters. The van der Waals surface area contributed by atoms with Crippen LogP contribution in [0.5, 0.6) is 0 Å². The van der Waals surface area contributed by atoms with Crippen LogP contribution in [0.1, 0.15) is 5.01 Å². The van der Waals surface area contributed by atoms with Crippen LogP contribution in [0, 0.1) is 6.92 Å². The Balaban J connectivity index is 2.51. The Labute approximate surface area is 108 Å². The summed E-state index contributed by atoms with van der Waals surface area (Å²) in [5.41, 5.74) is 2.54. The van der Waals surface area contributed by atoms with E-state index in [1.807, 2.05) is 24.4 Å². The third-order valence-electron chi connectivity index (χ3n) is 2.03. The largest absolute Gasteiger partial charge is 0.242 e. The van der Waals surface area contributed by atoms with Crippen LogP contribution in [0.2, 0.25) is 5.02 Å². The molecule has 0 aliphatic rings. The van der Waals surface area contributed by atoms with Crippen molar-refractivity contribution in [2.75, 3.05) is 0 Å². The van der Waals surface area contributed by atoms with Gasteiger partial charge in [0.2, 0.25) is 0 Å². The molecule has 0 saturated heterocycles. The van der Waals surface area contributed by atoms with Gasteiger partial charge in [-0.25, -0.2) is 4.98 Å². The summed E-state index contributed by atoms with van der Waals surface area (Å²) >= 11 is 12.2. The topological polar surface area (TPSA) is 25.2 Å². The average Bonchev–Trinajstić information content (AvgIpc) is 2.69. The minimum Gasteiger partial charge on any atom is -0.242 e. The zero-order valence-electron chi connectivity index (χ0n) is 8.40. The smallest absolute Gasteiger partial charge is 0.0932 e. The number of thiazole rings is 1. The molecule has 16 heavy (non-hydrogen) atoms. The summed E-state index contributed by atoms with van der Waals surface area (Å²) in [5, 5.41) is 5.91. The highest BCUT2D eigenvalue weighted by atomic mass is 35.5. The fourth-order valence-electron chi connectivity index (χ4n) is 1.30. The average molecular weight is 267 g/mol. The van der Waals surface area contributed by atoms with E-state index in [4.69, 9.17) is 11.6 Å². The lowest BCUT2D eigenvalue weighted by molar-refractivity contribution is 1.30. The lowest BCUT2D eigenvalue weighted by Gasteiger charge is -2.00. The van der Waals surface area contributed by atoms with Crippen LogP contribution in [0.25, 0.3) is 11.3 Å². The summed E-state index contributed by atoms with van der Waals surface area (Å²) in [5.74, 6) is 0. The van der Waals surface area contributed by atoms with Crippen LogP contribution in [0.4, 0.5) is 5.69 Å². The summed E-state index contributed by atoms with van der Waals surface area (Å²) in [4.78, 5) is 8.31. The minimum atomic E-state index is 0.563. The first-order chi connectivity index (χ1) is 7.70. The Morgan fingerprint density at radius 3 is 2.94 bits per heavy atom. The first-order valence-electron chi connectivity index (χ1n) is 4.50. The summed E-state index contributed by atoms with van der Waals surface area (Å²) < 4.78 is 0. The molecule has 0 aliphatic heterocycles. The van der Waals surface area contributed by atoms with Crippen LogP contribution in [0.3, 0.4) is 0 Å². The van der Waals surface area contributed by atoms with Gasteiger partial charge in [0.25, 0.3) is 0 Å². The number of rotatable bonds is 2. The second-order valence-corrected chi connectivity index (χ2v) is 4.77. The van der Waals surface area contributed by atoms with E-state index in [0.717, 1.165) is 16.3 Å². The Morgan fingerprint density at radius 1 is 1.50 bits per heavy atom. The molecule has 1 heterocycles. The highest BCUT2D eigenvalue weighted by Crippen LogP contribution is 2.30. The standard InChI is InChI=1S/C11H7ClN2S2/c1-7-14-11(5-16-7)8-2-3-9(12)10(4-8)13-6-15/h2-5H,1H3. The van der Waals surface area contributed by atoms with Crippen LogP contribution in [0.15, 0.2) is 28.6 Å². The number of hydrogen-bond donors (Lipinski definition) is 0. The lowest BCUT2D eigenvalue weighted by atomic mass is 10.1. The molecular formula is C11H7ClN2S2. The van der Waals surface area contributed by atoms with Crippen molar-refractivity contribution in [1.82, 2.24) is 4.98 Å². The zero-order chi connectivity index (χ0) is 11.5. The van der Waals surface area contributed by atoms with Crippen molar-refractivity contribution in [2.24, 2.45) is 4.99 Å². The number of aromatic nitrogens is 1. The summed E-state index contributed by atoms with van der Waals surface area (Å²) in [6, 6.07) is 5.56. The first-order valence-corrected chi connectivity index (χ1v) is 6.17. The molecule has 0 saturated carbocycles. The van der Waals surface area contributed by atoms with Gasteiger partial charge in [-0.05, 0) is 31.3 Å². The number of halogens is 1. The minimum absolute atomic E-state index is 0.563. The second-order valence-electron chi connectivity index (χ2n) is 3.12. The number of benzene rings is 1. The molecule has 0 unspecified atom stereocenters. The van der Waals surface area contributed by atoms with Gasteiger partial charge in [-0.3, -0.25) is 0 Å². The predicted molar refractivity (Wildman–Crippen MR) is 72.0 cm³/mol. The quantitative estimate of drug-likeness (QED) is 0.590. The molecule has 2 rings (SSSR count). The van der Waals surface area contributed by atoms with Crippen LogP contribution >= 0.6 is 35.2 Å². The molecule has 2 nitrogen and oxygen atoms in total. The molecule has 0 amide bonds. The molecule has 0 spiro atoms. The third kappa shape index (κ3) is 2.36. The third-order valence-corrected chi connectivity index (χ3v) is 3.21. The van der Waals surface area contributed by atoms with E-state index in [1.54, 1.807) is 17.4 Å². The van der Waals surface area contributed by atoms with Gasteiger partial charge in [-0.15, -0.1) is 11.3 Å². The number of thiocarbonyl (C=S) groups is 1. The van der Waals surface area contributed by atoms with Crippen molar-refractivity contribution >= 4 is 46.0 Å². The van der Waals surface area contributed by atoms with Gasteiger partial charge >= 0.3 is 0 Å². The Hall–Kier alpha value is -1.06. The van der Waals surface area contributed by atoms with Crippen molar-refractivity contribution in [3.63, 3.8) is 0 Å². The molecular weight excluding hydrogens is 260 g/mol. The monoisotopic (exact) mass is 266 g/mol. The van der Waals surface area contributed by atoms with E-state index >= 15 is 0 Å². The molecule has 1 aromatic heterocycles. The fourth-order valence-corrected chi connectivity index (χ4v) is 2.18. The van der Waals surface area contributed by atoms with Crippen molar-refractivity contribution in [3.8, 4) is 11.3 Å². The van der Waals surface area contributed by atoms with Gasteiger partial charge in [0.1, 0.15) is 0 Å². The normalized spacial score (nSPS) is 9.88. The number of nitrogens with zero attached hydrogens (tertiary/aromatic N) is 2. The van der Waals surface area contributed by atoms with E-state index in [-0.39, 0.29) is 0 Å². The van der Waals surface area contributed by atoms with Crippen molar-refractivity contribution in [1.29, 1.82) is 0 Å². The van der Waals surface area contributed by atoms with Crippen LogP contribution in [-0.4, -0.2) is 10.1 Å². The van der Waals surface area contributed by atoms with E-state index in [1.165, 1.54) is 0 Å². The summed E-state index contributed by atoms with van der Waals surface area (Å²) in [6.07, 6.45) is 0. The van der Waals surface area contributed by atoms with E-state index in [9.17, 15) is 0 Å². The van der Waals surface area contributed by atoms with E-state index < -0.39 is 0 Å². The molecule has 0 aliphatic carbocycles. The molecule has 0 radical (unpaired) electrons. The molecule has 5 heteroatoms. The Morgan fingerprint density at radius 2 is 2.31 bits per heavy atom. The number of isothiocyanates is 1. The highest BCUT2D eigenvalue weighted by Gasteiger charge is 2.05. The zero-order valence-corrected chi connectivity index (χ0v) is 10.8. The number of aliphatic imine (C=N–C) groups is 1. The maximum absolute atomic E-state index is 5.97. The molecule has 80 valence electrons. The van der Waals surface area contributed by atoms with Gasteiger partial charge in [-0.1, -0.05) is 17.7 Å². The van der Waals surface area contributed by atoms with Gasteiger partial charge in [0.05, 0.1) is 26.6 Å². The molecule has 2 aromatic rings. The fraction of sp³-hybridized carbons (Fsp3) is 0.0909. The van der Waals surface area contributed by atoms with Gasteiger partial charge in [0, 0.05) is 10.9 Å². The van der Waals surface area contributed by atoms with Crippen molar-refractivity contribution in [3.05, 3.63) is 33.6 Å². The molecule has 0 N–H and O–H groups in total. The van der Waals surface area contributed by atoms with Gasteiger partial charge in [-0.2, -0.15) is 4.99 Å². The summed E-state index contributed by atoms with van der Waals surface area (Å²) in [7, 11) is 0. The maximum Gasteiger partial charge on any atom is 0.0932 e. The van der Waals surface area contributed by atoms with Crippen molar-refractivity contribution < 1.29 is 0 Å². The van der Waals surface area contributed by atoms with E-state index in [0.29, 0.717) is 10.7 Å². The predicted octanol–water partition coefficient (Wildman–Crippen LogP) is 4.51. The highest BCUT2D eigenvalue weighted by molar-refractivity contribution is 7.78.